The van der Waals surface area contributed by atoms with Crippen molar-refractivity contribution in [2.24, 2.45) is 5.73 Å². The van der Waals surface area contributed by atoms with Gasteiger partial charge >= 0.3 is 5.92 Å². The highest BCUT2D eigenvalue weighted by atomic mass is 19.3. The molecule has 0 saturated carbocycles. The number of alkyl halides is 2. The minimum Gasteiger partial charge on any atom is -0.490 e. The number of carbonyl (C=O) groups is 2. The molecule has 0 aliphatic carbocycles. The molecule has 0 spiro atoms. The molecule has 39 heavy (non-hydrogen) atoms. The van der Waals surface area contributed by atoms with E-state index >= 15 is 0 Å². The van der Waals surface area contributed by atoms with E-state index in [1.165, 1.54) is 0 Å². The van der Waals surface area contributed by atoms with E-state index in [1.54, 1.807) is 24.5 Å². The SMILES string of the molecule is CC(C)Oc1cc2c(OC[C@@H]3CC(F)(F)C(=O)N3)ncc(-c3cnn(C4CCN(C)CC4)c3)c2cc1C(N)=O. The maximum atomic E-state index is 13.7. The molecule has 2 aliphatic heterocycles. The maximum Gasteiger partial charge on any atom is 0.326 e. The van der Waals surface area contributed by atoms with Crippen molar-refractivity contribution in [3.05, 3.63) is 36.3 Å². The minimum absolute atomic E-state index is 0.158. The Hall–Kier alpha value is -3.80. The molecular formula is C27H32F2N6O4. The molecule has 0 radical (unpaired) electrons. The summed E-state index contributed by atoms with van der Waals surface area (Å²) in [5.74, 6) is -4.99. The van der Waals surface area contributed by atoms with Crippen LogP contribution in [-0.4, -0.2) is 76.3 Å². The molecular weight excluding hydrogens is 510 g/mol. The van der Waals surface area contributed by atoms with Gasteiger partial charge in [-0.05, 0) is 64.3 Å². The number of fused-ring (bicyclic) bond motifs is 1. The third-order valence-electron chi connectivity index (χ3n) is 7.15. The van der Waals surface area contributed by atoms with Gasteiger partial charge < -0.3 is 25.4 Å². The Bertz CT molecular complexity index is 1400. The summed E-state index contributed by atoms with van der Waals surface area (Å²) in [4.78, 5) is 30.7. The van der Waals surface area contributed by atoms with E-state index in [9.17, 15) is 18.4 Å². The van der Waals surface area contributed by atoms with Crippen LogP contribution in [0.25, 0.3) is 21.9 Å². The van der Waals surface area contributed by atoms with Crippen LogP contribution in [0.4, 0.5) is 8.78 Å². The molecule has 0 bridgehead atoms. The fraction of sp³-hybridized carbons (Fsp3) is 0.481. The van der Waals surface area contributed by atoms with E-state index in [2.05, 4.69) is 27.3 Å². The number of piperidine rings is 1. The van der Waals surface area contributed by atoms with Crippen molar-refractivity contribution in [3.63, 3.8) is 0 Å². The molecule has 3 aromatic rings. The number of primary amides is 1. The largest absolute Gasteiger partial charge is 0.490 e. The molecule has 2 saturated heterocycles. The first-order valence-electron chi connectivity index (χ1n) is 13.0. The fourth-order valence-electron chi connectivity index (χ4n) is 5.09. The first kappa shape index (κ1) is 26.8. The molecule has 12 heteroatoms. The Kier molecular flexibility index (Phi) is 7.15. The lowest BCUT2D eigenvalue weighted by molar-refractivity contribution is -0.139. The highest BCUT2D eigenvalue weighted by Gasteiger charge is 2.48. The molecule has 1 aromatic carbocycles. The van der Waals surface area contributed by atoms with Gasteiger partial charge in [0, 0.05) is 35.3 Å². The zero-order chi connectivity index (χ0) is 27.9. The van der Waals surface area contributed by atoms with Gasteiger partial charge in [0.1, 0.15) is 12.4 Å². The Morgan fingerprint density at radius 2 is 1.97 bits per heavy atom. The number of likely N-dealkylation sites (tertiary alicyclic amines) is 1. The first-order chi connectivity index (χ1) is 18.5. The van der Waals surface area contributed by atoms with Crippen LogP contribution in [0.2, 0.25) is 0 Å². The summed E-state index contributed by atoms with van der Waals surface area (Å²) < 4.78 is 41.1. The number of ether oxygens (including phenoxy) is 2. The number of nitrogens with zero attached hydrogens (tertiary/aromatic N) is 4. The lowest BCUT2D eigenvalue weighted by Crippen LogP contribution is -2.33. The van der Waals surface area contributed by atoms with Crippen molar-refractivity contribution in [1.82, 2.24) is 25.0 Å². The lowest BCUT2D eigenvalue weighted by Gasteiger charge is -2.28. The number of hydrogen-bond acceptors (Lipinski definition) is 7. The van der Waals surface area contributed by atoms with Gasteiger partial charge in [0.15, 0.2) is 0 Å². The van der Waals surface area contributed by atoms with Gasteiger partial charge in [-0.3, -0.25) is 14.3 Å². The second kappa shape index (κ2) is 10.4. The van der Waals surface area contributed by atoms with Gasteiger partial charge in [0.25, 0.3) is 11.8 Å². The standard InChI is InChI=1S/C27H32F2N6O4/c1-15(2)39-23-9-20-19(8-21(23)24(30)36)22(16-11-32-35(13-16)18-4-6-34(3)7-5-18)12-31-25(20)38-14-17-10-27(28,29)26(37)33-17/h8-9,11-13,15,17-18H,4-7,10,14H2,1-3H3,(H2,30,36)(H,33,37)/t17-/m0/s1. The smallest absolute Gasteiger partial charge is 0.326 e. The summed E-state index contributed by atoms with van der Waals surface area (Å²) in [7, 11) is 2.10. The normalized spacial score (nSPS) is 19.9. The molecule has 2 aromatic heterocycles. The maximum absolute atomic E-state index is 13.7. The fourth-order valence-corrected chi connectivity index (χ4v) is 5.09. The lowest BCUT2D eigenvalue weighted by atomic mass is 9.99. The first-order valence-corrected chi connectivity index (χ1v) is 13.0. The highest BCUT2D eigenvalue weighted by Crippen LogP contribution is 2.38. The number of nitrogens with one attached hydrogen (secondary N) is 1. The van der Waals surface area contributed by atoms with Gasteiger partial charge in [-0.1, -0.05) is 0 Å². The third-order valence-corrected chi connectivity index (χ3v) is 7.15. The Morgan fingerprint density at radius 1 is 1.23 bits per heavy atom. The van der Waals surface area contributed by atoms with Crippen LogP contribution in [-0.2, 0) is 4.79 Å². The Labute approximate surface area is 224 Å². The number of benzene rings is 1. The van der Waals surface area contributed by atoms with Crippen LogP contribution in [0.15, 0.2) is 30.7 Å². The van der Waals surface area contributed by atoms with Gasteiger partial charge in [-0.25, -0.2) is 4.98 Å². The predicted octanol–water partition coefficient (Wildman–Crippen LogP) is 3.15. The molecule has 4 heterocycles. The number of pyridine rings is 1. The number of halogens is 2. The predicted molar refractivity (Wildman–Crippen MR) is 140 cm³/mol. The summed E-state index contributed by atoms with van der Waals surface area (Å²) in [6.45, 7) is 5.42. The van der Waals surface area contributed by atoms with Crippen LogP contribution in [0, 0.1) is 0 Å². The summed E-state index contributed by atoms with van der Waals surface area (Å²) in [6.07, 6.45) is 6.39. The van der Waals surface area contributed by atoms with Gasteiger partial charge in [0.05, 0.1) is 29.9 Å². The molecule has 1 atom stereocenters. The quantitative estimate of drug-likeness (QED) is 0.448. The average molecular weight is 543 g/mol. The number of carbonyl (C=O) groups excluding carboxylic acids is 2. The highest BCUT2D eigenvalue weighted by molar-refractivity contribution is 6.06. The van der Waals surface area contributed by atoms with E-state index in [0.717, 1.165) is 31.5 Å². The monoisotopic (exact) mass is 542 g/mol. The van der Waals surface area contributed by atoms with Crippen molar-refractivity contribution in [2.75, 3.05) is 26.7 Å². The molecule has 2 aliphatic rings. The van der Waals surface area contributed by atoms with Crippen molar-refractivity contribution >= 4 is 22.6 Å². The molecule has 10 nitrogen and oxygen atoms in total. The van der Waals surface area contributed by atoms with E-state index in [0.29, 0.717) is 16.3 Å². The van der Waals surface area contributed by atoms with Gasteiger partial charge in [-0.15, -0.1) is 0 Å². The Balaban J connectivity index is 1.54. The molecule has 5 rings (SSSR count). The number of amides is 2. The van der Waals surface area contributed by atoms with Gasteiger partial charge in [-0.2, -0.15) is 13.9 Å². The number of rotatable bonds is 8. The molecule has 2 fully saturated rings. The topological polar surface area (TPSA) is 125 Å². The number of aromatic nitrogens is 3. The zero-order valence-electron chi connectivity index (χ0n) is 22.1. The minimum atomic E-state index is -3.43. The van der Waals surface area contributed by atoms with Crippen molar-refractivity contribution in [1.29, 1.82) is 0 Å². The summed E-state index contributed by atoms with van der Waals surface area (Å²) in [6, 6.07) is 2.68. The number of hydrogen-bond donors (Lipinski definition) is 2. The second-order valence-corrected chi connectivity index (χ2v) is 10.5. The summed E-state index contributed by atoms with van der Waals surface area (Å²) in [5.41, 5.74) is 7.40. The average Bonchev–Trinajstić information content (AvgIpc) is 3.46. The molecule has 208 valence electrons. The summed E-state index contributed by atoms with van der Waals surface area (Å²) >= 11 is 0. The van der Waals surface area contributed by atoms with Crippen molar-refractivity contribution < 1.29 is 27.8 Å². The van der Waals surface area contributed by atoms with Crippen molar-refractivity contribution in [2.45, 2.75) is 57.2 Å². The van der Waals surface area contributed by atoms with Crippen LogP contribution < -0.4 is 20.5 Å². The zero-order valence-corrected chi connectivity index (χ0v) is 22.1. The summed E-state index contributed by atoms with van der Waals surface area (Å²) in [5, 5.41) is 7.99. The molecule has 3 N–H and O–H groups in total. The van der Waals surface area contributed by atoms with E-state index in [1.807, 2.05) is 24.7 Å². The van der Waals surface area contributed by atoms with Crippen LogP contribution >= 0.6 is 0 Å². The van der Waals surface area contributed by atoms with Crippen molar-refractivity contribution in [3.8, 4) is 22.8 Å². The van der Waals surface area contributed by atoms with Crippen LogP contribution in [0.1, 0.15) is 49.5 Å². The molecule has 0 unspecified atom stereocenters. The Morgan fingerprint density at radius 3 is 2.62 bits per heavy atom. The van der Waals surface area contributed by atoms with Gasteiger partial charge in [0.2, 0.25) is 5.88 Å². The van der Waals surface area contributed by atoms with E-state index < -0.39 is 30.2 Å². The van der Waals surface area contributed by atoms with Crippen LogP contribution in [0.3, 0.4) is 0 Å². The van der Waals surface area contributed by atoms with Crippen LogP contribution in [0.5, 0.6) is 11.6 Å². The third kappa shape index (κ3) is 5.51. The molecule has 2 amide bonds. The van der Waals surface area contributed by atoms with E-state index in [4.69, 9.17) is 15.2 Å². The number of nitrogens with two attached hydrogens (primary N) is 1. The second-order valence-electron chi connectivity index (χ2n) is 10.5. The van der Waals surface area contributed by atoms with E-state index in [-0.39, 0.29) is 35.9 Å².